The van der Waals surface area contributed by atoms with Gasteiger partial charge in [-0.2, -0.15) is 0 Å². The molecular weight excluding hydrogens is 329 g/mol. The largest absolute Gasteiger partial charge is 0.383 e. The third-order valence-corrected chi connectivity index (χ3v) is 2.81. The van der Waals surface area contributed by atoms with Crippen LogP contribution in [0.4, 0.5) is 0 Å². The monoisotopic (exact) mass is 355 g/mol. The zero-order valence-electron chi connectivity index (χ0n) is 11.2. The first kappa shape index (κ1) is 17.0. The fourth-order valence-corrected chi connectivity index (χ4v) is 1.86. The summed E-state index contributed by atoms with van der Waals surface area (Å²) < 4.78 is 4.99. The van der Waals surface area contributed by atoms with Crippen molar-refractivity contribution in [2.75, 3.05) is 26.8 Å². The van der Waals surface area contributed by atoms with Crippen LogP contribution in [-0.2, 0) is 4.74 Å². The van der Waals surface area contributed by atoms with Crippen LogP contribution in [0.2, 0.25) is 0 Å². The van der Waals surface area contributed by atoms with Crippen molar-refractivity contribution in [1.82, 2.24) is 10.6 Å². The Bertz CT molecular complexity index is 224. The Labute approximate surface area is 122 Å². The molecule has 5 heteroatoms. The number of nitrogens with one attached hydrogen (secondary N) is 2. The van der Waals surface area contributed by atoms with Crippen LogP contribution < -0.4 is 10.6 Å². The Morgan fingerprint density at radius 1 is 1.41 bits per heavy atom. The molecule has 1 saturated carbocycles. The van der Waals surface area contributed by atoms with Crippen molar-refractivity contribution in [2.45, 2.75) is 39.2 Å². The van der Waals surface area contributed by atoms with E-state index in [1.165, 1.54) is 19.3 Å². The van der Waals surface area contributed by atoms with Gasteiger partial charge in [0.2, 0.25) is 0 Å². The maximum Gasteiger partial charge on any atom is 0.191 e. The minimum absolute atomic E-state index is 0. The van der Waals surface area contributed by atoms with E-state index < -0.39 is 0 Å². The van der Waals surface area contributed by atoms with Gasteiger partial charge in [0, 0.05) is 19.7 Å². The third kappa shape index (κ3) is 7.08. The molecule has 1 aliphatic rings. The molecule has 1 fully saturated rings. The molecule has 2 unspecified atom stereocenters. The number of nitrogens with zero attached hydrogens (tertiary/aromatic N) is 1. The zero-order chi connectivity index (χ0) is 11.8. The molecule has 1 rings (SSSR count). The fraction of sp³-hybridized carbons (Fsp3) is 0.917. The smallest absolute Gasteiger partial charge is 0.191 e. The van der Waals surface area contributed by atoms with Crippen LogP contribution in [0.15, 0.2) is 4.99 Å². The van der Waals surface area contributed by atoms with Crippen molar-refractivity contribution in [3.8, 4) is 0 Å². The summed E-state index contributed by atoms with van der Waals surface area (Å²) in [5.41, 5.74) is 0. The molecule has 0 aromatic carbocycles. The summed E-state index contributed by atoms with van der Waals surface area (Å²) in [4.78, 5) is 4.45. The minimum atomic E-state index is 0. The molecule has 0 aromatic rings. The van der Waals surface area contributed by atoms with Gasteiger partial charge in [-0.1, -0.05) is 13.3 Å². The lowest BCUT2D eigenvalue weighted by molar-refractivity contribution is 0.208. The standard InChI is InChI=1S/C12H25N3O.HI/c1-4-6-10-9-11(10)15-12(13-5-2)14-7-8-16-3;/h10-11H,4-9H2,1-3H3,(H2,13,14,15);1H. The highest BCUT2D eigenvalue weighted by atomic mass is 127. The van der Waals surface area contributed by atoms with Gasteiger partial charge in [0.15, 0.2) is 5.96 Å². The highest BCUT2D eigenvalue weighted by molar-refractivity contribution is 14.0. The quantitative estimate of drug-likeness (QED) is 0.318. The molecule has 17 heavy (non-hydrogen) atoms. The van der Waals surface area contributed by atoms with Crippen molar-refractivity contribution in [3.05, 3.63) is 0 Å². The van der Waals surface area contributed by atoms with Gasteiger partial charge >= 0.3 is 0 Å². The maximum absolute atomic E-state index is 4.99. The molecule has 0 saturated heterocycles. The SMILES string of the molecule is CCCC1CC1NC(=NCCOC)NCC.I. The van der Waals surface area contributed by atoms with Crippen molar-refractivity contribution in [1.29, 1.82) is 0 Å². The van der Waals surface area contributed by atoms with Crippen LogP contribution in [0.1, 0.15) is 33.1 Å². The molecule has 0 radical (unpaired) electrons. The molecule has 102 valence electrons. The normalized spacial score (nSPS) is 22.9. The van der Waals surface area contributed by atoms with Crippen LogP contribution in [0.5, 0.6) is 0 Å². The summed E-state index contributed by atoms with van der Waals surface area (Å²) in [5, 5.41) is 6.73. The van der Waals surface area contributed by atoms with Crippen molar-refractivity contribution in [2.24, 2.45) is 10.9 Å². The van der Waals surface area contributed by atoms with Crippen molar-refractivity contribution < 1.29 is 4.74 Å². The van der Waals surface area contributed by atoms with Gasteiger partial charge < -0.3 is 15.4 Å². The number of hydrogen-bond donors (Lipinski definition) is 2. The topological polar surface area (TPSA) is 45.7 Å². The average Bonchev–Trinajstić information content (AvgIpc) is 2.98. The van der Waals surface area contributed by atoms with Crippen LogP contribution in [-0.4, -0.2) is 38.8 Å². The van der Waals surface area contributed by atoms with E-state index in [-0.39, 0.29) is 24.0 Å². The van der Waals surface area contributed by atoms with E-state index in [0.29, 0.717) is 12.6 Å². The highest BCUT2D eigenvalue weighted by Gasteiger charge is 2.36. The summed E-state index contributed by atoms with van der Waals surface area (Å²) in [7, 11) is 1.70. The summed E-state index contributed by atoms with van der Waals surface area (Å²) in [6.45, 7) is 6.64. The second-order valence-electron chi connectivity index (χ2n) is 4.29. The maximum atomic E-state index is 4.99. The summed E-state index contributed by atoms with van der Waals surface area (Å²) >= 11 is 0. The molecule has 4 nitrogen and oxygen atoms in total. The highest BCUT2D eigenvalue weighted by Crippen LogP contribution is 2.34. The first-order valence-electron chi connectivity index (χ1n) is 6.35. The molecule has 1 aliphatic carbocycles. The van der Waals surface area contributed by atoms with Crippen molar-refractivity contribution in [3.63, 3.8) is 0 Å². The number of ether oxygens (including phenoxy) is 1. The number of rotatable bonds is 7. The van der Waals surface area contributed by atoms with Gasteiger partial charge in [0.05, 0.1) is 13.2 Å². The lowest BCUT2D eigenvalue weighted by Gasteiger charge is -2.10. The predicted octanol–water partition coefficient (Wildman–Crippen LogP) is 1.99. The van der Waals surface area contributed by atoms with E-state index in [4.69, 9.17) is 4.74 Å². The molecule has 0 heterocycles. The van der Waals surface area contributed by atoms with Gasteiger partial charge in [0.25, 0.3) is 0 Å². The number of hydrogen-bond acceptors (Lipinski definition) is 2. The molecule has 0 amide bonds. The molecule has 0 spiro atoms. The van der Waals surface area contributed by atoms with E-state index in [1.807, 2.05) is 0 Å². The Morgan fingerprint density at radius 3 is 2.76 bits per heavy atom. The minimum Gasteiger partial charge on any atom is -0.383 e. The van der Waals surface area contributed by atoms with E-state index in [2.05, 4.69) is 29.5 Å². The number of methoxy groups -OCH3 is 1. The van der Waals surface area contributed by atoms with E-state index >= 15 is 0 Å². The second kappa shape index (κ2) is 9.94. The lowest BCUT2D eigenvalue weighted by Crippen LogP contribution is -2.39. The molecule has 2 N–H and O–H groups in total. The Kier molecular flexibility index (Phi) is 9.91. The van der Waals surface area contributed by atoms with E-state index in [1.54, 1.807) is 7.11 Å². The lowest BCUT2D eigenvalue weighted by atomic mass is 10.2. The predicted molar refractivity (Wildman–Crippen MR) is 83.2 cm³/mol. The first-order chi connectivity index (χ1) is 7.81. The van der Waals surface area contributed by atoms with Crippen LogP contribution in [0, 0.1) is 5.92 Å². The van der Waals surface area contributed by atoms with Crippen LogP contribution in [0.25, 0.3) is 0 Å². The van der Waals surface area contributed by atoms with E-state index in [9.17, 15) is 0 Å². The number of guanidine groups is 1. The van der Waals surface area contributed by atoms with Crippen LogP contribution >= 0.6 is 24.0 Å². The summed E-state index contributed by atoms with van der Waals surface area (Å²) in [6.07, 6.45) is 3.90. The molecule has 0 aromatic heterocycles. The first-order valence-corrected chi connectivity index (χ1v) is 6.35. The molecule has 0 aliphatic heterocycles. The third-order valence-electron chi connectivity index (χ3n) is 2.81. The van der Waals surface area contributed by atoms with Gasteiger partial charge in [0.1, 0.15) is 0 Å². The summed E-state index contributed by atoms with van der Waals surface area (Å²) in [6, 6.07) is 0.639. The fourth-order valence-electron chi connectivity index (χ4n) is 1.86. The van der Waals surface area contributed by atoms with Gasteiger partial charge in [-0.15, -0.1) is 24.0 Å². The van der Waals surface area contributed by atoms with Crippen LogP contribution in [0.3, 0.4) is 0 Å². The van der Waals surface area contributed by atoms with Crippen molar-refractivity contribution >= 4 is 29.9 Å². The Balaban J connectivity index is 0.00000256. The number of halogens is 1. The second-order valence-corrected chi connectivity index (χ2v) is 4.29. The summed E-state index contributed by atoms with van der Waals surface area (Å²) in [5.74, 6) is 1.79. The molecular formula is C12H26IN3O. The molecule has 2 atom stereocenters. The Morgan fingerprint density at radius 2 is 2.18 bits per heavy atom. The van der Waals surface area contributed by atoms with E-state index in [0.717, 1.165) is 25.0 Å². The molecule has 0 bridgehead atoms. The van der Waals surface area contributed by atoms with Gasteiger partial charge in [-0.3, -0.25) is 4.99 Å². The van der Waals surface area contributed by atoms with Gasteiger partial charge in [-0.05, 0) is 25.7 Å². The van der Waals surface area contributed by atoms with Gasteiger partial charge in [-0.25, -0.2) is 0 Å². The average molecular weight is 355 g/mol. The number of aliphatic imine (C=N–C) groups is 1. The zero-order valence-corrected chi connectivity index (χ0v) is 13.5. The Hall–Kier alpha value is -0.0400.